The number of likely N-dealkylation sites (N-methyl/N-ethyl adjacent to an activating group) is 1. The van der Waals surface area contributed by atoms with Crippen LogP contribution in [0.3, 0.4) is 0 Å². The summed E-state index contributed by atoms with van der Waals surface area (Å²) in [6.07, 6.45) is 1.46. The van der Waals surface area contributed by atoms with Gasteiger partial charge in [-0.3, -0.25) is 0 Å². The maximum atomic E-state index is 5.77. The van der Waals surface area contributed by atoms with Crippen molar-refractivity contribution in [2.45, 2.75) is 60.1 Å². The van der Waals surface area contributed by atoms with Crippen molar-refractivity contribution in [2.75, 3.05) is 13.2 Å². The van der Waals surface area contributed by atoms with E-state index < -0.39 is 0 Å². The topological polar surface area (TPSA) is 21.3 Å². The Morgan fingerprint density at radius 3 is 2.14 bits per heavy atom. The lowest BCUT2D eigenvalue weighted by Gasteiger charge is -2.32. The van der Waals surface area contributed by atoms with Crippen LogP contribution in [0.25, 0.3) is 0 Å². The molecule has 0 fully saturated rings. The van der Waals surface area contributed by atoms with E-state index >= 15 is 0 Å². The van der Waals surface area contributed by atoms with Gasteiger partial charge >= 0.3 is 0 Å². The van der Waals surface area contributed by atoms with Crippen LogP contribution in [0.15, 0.2) is 0 Å². The van der Waals surface area contributed by atoms with Crippen molar-refractivity contribution in [1.82, 2.24) is 5.32 Å². The van der Waals surface area contributed by atoms with Gasteiger partial charge in [0.1, 0.15) is 0 Å². The van der Waals surface area contributed by atoms with E-state index in [-0.39, 0.29) is 5.41 Å². The van der Waals surface area contributed by atoms with Gasteiger partial charge < -0.3 is 10.1 Å². The van der Waals surface area contributed by atoms with Crippen LogP contribution in [-0.2, 0) is 4.74 Å². The Morgan fingerprint density at radius 1 is 1.21 bits per heavy atom. The second kappa shape index (κ2) is 6.41. The van der Waals surface area contributed by atoms with Crippen LogP contribution in [0.5, 0.6) is 0 Å². The molecule has 0 spiro atoms. The van der Waals surface area contributed by atoms with Crippen LogP contribution in [0.1, 0.15) is 48.0 Å². The highest BCUT2D eigenvalue weighted by Gasteiger charge is 2.24. The van der Waals surface area contributed by atoms with Crippen LogP contribution >= 0.6 is 0 Å². The predicted molar refractivity (Wildman–Crippen MR) is 62.6 cm³/mol. The first-order chi connectivity index (χ1) is 6.41. The lowest BCUT2D eigenvalue weighted by atomic mass is 9.87. The van der Waals surface area contributed by atoms with E-state index in [1.54, 1.807) is 0 Å². The number of hydrogen-bond acceptors (Lipinski definition) is 2. The molecule has 0 aliphatic rings. The maximum Gasteiger partial charge on any atom is 0.0628 e. The zero-order valence-corrected chi connectivity index (χ0v) is 10.7. The summed E-state index contributed by atoms with van der Waals surface area (Å²) >= 11 is 0. The molecule has 0 saturated carbocycles. The van der Waals surface area contributed by atoms with Gasteiger partial charge in [0, 0.05) is 6.04 Å². The molecule has 86 valence electrons. The van der Waals surface area contributed by atoms with E-state index in [4.69, 9.17) is 4.74 Å². The third kappa shape index (κ3) is 5.61. The van der Waals surface area contributed by atoms with Crippen molar-refractivity contribution >= 4 is 0 Å². The number of rotatable bonds is 6. The lowest BCUT2D eigenvalue weighted by molar-refractivity contribution is 0.0253. The SMILES string of the molecule is CCNC(COC(C)CC)C(C)(C)C. The molecule has 2 unspecified atom stereocenters. The monoisotopic (exact) mass is 201 g/mol. The van der Waals surface area contributed by atoms with Gasteiger partial charge in [-0.1, -0.05) is 34.6 Å². The summed E-state index contributed by atoms with van der Waals surface area (Å²) < 4.78 is 5.77. The van der Waals surface area contributed by atoms with E-state index in [1.807, 2.05) is 0 Å². The van der Waals surface area contributed by atoms with E-state index in [0.29, 0.717) is 12.1 Å². The Labute approximate surface area is 89.4 Å². The first kappa shape index (κ1) is 13.9. The van der Waals surface area contributed by atoms with Crippen molar-refractivity contribution in [1.29, 1.82) is 0 Å². The predicted octanol–water partition coefficient (Wildman–Crippen LogP) is 2.83. The molecule has 0 aromatic heterocycles. The highest BCUT2D eigenvalue weighted by molar-refractivity contribution is 4.79. The van der Waals surface area contributed by atoms with Crippen molar-refractivity contribution in [3.63, 3.8) is 0 Å². The summed E-state index contributed by atoms with van der Waals surface area (Å²) in [5.41, 5.74) is 0.267. The van der Waals surface area contributed by atoms with Gasteiger partial charge in [-0.2, -0.15) is 0 Å². The molecule has 2 atom stereocenters. The highest BCUT2D eigenvalue weighted by atomic mass is 16.5. The Morgan fingerprint density at radius 2 is 1.79 bits per heavy atom. The molecule has 0 radical (unpaired) electrons. The molecular weight excluding hydrogens is 174 g/mol. The molecular formula is C12H27NO. The third-order valence-corrected chi connectivity index (χ3v) is 2.62. The molecule has 0 heterocycles. The standard InChI is InChI=1S/C12H27NO/c1-7-10(3)14-9-11(13-8-2)12(4,5)6/h10-11,13H,7-9H2,1-6H3. The molecule has 14 heavy (non-hydrogen) atoms. The largest absolute Gasteiger partial charge is 0.377 e. The fourth-order valence-corrected chi connectivity index (χ4v) is 1.24. The first-order valence-corrected chi connectivity index (χ1v) is 5.76. The Kier molecular flexibility index (Phi) is 6.38. The van der Waals surface area contributed by atoms with Gasteiger partial charge in [-0.05, 0) is 25.3 Å². The van der Waals surface area contributed by atoms with E-state index in [0.717, 1.165) is 19.6 Å². The normalized spacial score (nSPS) is 16.7. The molecule has 0 bridgehead atoms. The van der Waals surface area contributed by atoms with Crippen LogP contribution in [-0.4, -0.2) is 25.3 Å². The summed E-state index contributed by atoms with van der Waals surface area (Å²) in [4.78, 5) is 0. The first-order valence-electron chi connectivity index (χ1n) is 5.76. The quantitative estimate of drug-likeness (QED) is 0.713. The smallest absolute Gasteiger partial charge is 0.0628 e. The Balaban J connectivity index is 3.98. The average Bonchev–Trinajstić information content (AvgIpc) is 2.09. The zero-order valence-electron chi connectivity index (χ0n) is 10.7. The van der Waals surface area contributed by atoms with Crippen LogP contribution in [0.2, 0.25) is 0 Å². The average molecular weight is 201 g/mol. The third-order valence-electron chi connectivity index (χ3n) is 2.62. The Hall–Kier alpha value is -0.0800. The van der Waals surface area contributed by atoms with Gasteiger partial charge in [0.25, 0.3) is 0 Å². The van der Waals surface area contributed by atoms with E-state index in [2.05, 4.69) is 46.9 Å². The molecule has 0 aromatic carbocycles. The van der Waals surface area contributed by atoms with Gasteiger partial charge in [0.2, 0.25) is 0 Å². The second-order valence-corrected chi connectivity index (χ2v) is 5.03. The number of hydrogen-bond donors (Lipinski definition) is 1. The van der Waals surface area contributed by atoms with Crippen LogP contribution < -0.4 is 5.32 Å². The molecule has 2 heteroatoms. The zero-order chi connectivity index (χ0) is 11.2. The molecule has 0 amide bonds. The number of nitrogens with one attached hydrogen (secondary N) is 1. The minimum absolute atomic E-state index is 0.267. The van der Waals surface area contributed by atoms with Gasteiger partial charge in [-0.15, -0.1) is 0 Å². The van der Waals surface area contributed by atoms with Crippen LogP contribution in [0.4, 0.5) is 0 Å². The fraction of sp³-hybridized carbons (Fsp3) is 1.00. The van der Waals surface area contributed by atoms with Crippen molar-refractivity contribution < 1.29 is 4.74 Å². The summed E-state index contributed by atoms with van der Waals surface area (Å²) in [6, 6.07) is 0.446. The van der Waals surface area contributed by atoms with Gasteiger partial charge in [-0.25, -0.2) is 0 Å². The van der Waals surface area contributed by atoms with E-state index in [9.17, 15) is 0 Å². The molecule has 1 N–H and O–H groups in total. The molecule has 0 rings (SSSR count). The molecule has 0 aliphatic carbocycles. The van der Waals surface area contributed by atoms with Crippen molar-refractivity contribution in [3.05, 3.63) is 0 Å². The van der Waals surface area contributed by atoms with Gasteiger partial charge in [0.15, 0.2) is 0 Å². The second-order valence-electron chi connectivity index (χ2n) is 5.03. The van der Waals surface area contributed by atoms with Crippen molar-refractivity contribution in [2.24, 2.45) is 5.41 Å². The minimum Gasteiger partial charge on any atom is -0.377 e. The molecule has 0 aliphatic heterocycles. The van der Waals surface area contributed by atoms with Crippen molar-refractivity contribution in [3.8, 4) is 0 Å². The molecule has 0 saturated heterocycles. The molecule has 0 aromatic rings. The lowest BCUT2D eigenvalue weighted by Crippen LogP contribution is -2.44. The number of ether oxygens (including phenoxy) is 1. The van der Waals surface area contributed by atoms with E-state index in [1.165, 1.54) is 0 Å². The summed E-state index contributed by atoms with van der Waals surface area (Å²) in [5, 5.41) is 3.48. The maximum absolute atomic E-state index is 5.77. The van der Waals surface area contributed by atoms with Crippen LogP contribution in [0, 0.1) is 5.41 Å². The Bertz CT molecular complexity index is 140. The fourth-order valence-electron chi connectivity index (χ4n) is 1.24. The summed E-state index contributed by atoms with van der Waals surface area (Å²) in [7, 11) is 0. The van der Waals surface area contributed by atoms with Gasteiger partial charge in [0.05, 0.1) is 12.7 Å². The summed E-state index contributed by atoms with van der Waals surface area (Å²) in [5.74, 6) is 0. The summed E-state index contributed by atoms with van der Waals surface area (Å²) in [6.45, 7) is 15.0. The highest BCUT2D eigenvalue weighted by Crippen LogP contribution is 2.19. The minimum atomic E-state index is 0.267. The molecule has 2 nitrogen and oxygen atoms in total.